The molecule has 0 radical (unpaired) electrons. The van der Waals surface area contributed by atoms with E-state index in [9.17, 15) is 4.79 Å². The van der Waals surface area contributed by atoms with E-state index in [-0.39, 0.29) is 0 Å². The summed E-state index contributed by atoms with van der Waals surface area (Å²) in [5.41, 5.74) is 6.28. The molecule has 0 unspecified atom stereocenters. The van der Waals surface area contributed by atoms with Crippen molar-refractivity contribution in [3.05, 3.63) is 73.3 Å². The molecule has 0 aliphatic heterocycles. The Labute approximate surface area is 112 Å². The van der Waals surface area contributed by atoms with Crippen LogP contribution in [0.2, 0.25) is 0 Å². The fourth-order valence-corrected chi connectivity index (χ4v) is 1.10. The Balaban J connectivity index is 0.000000312. The summed E-state index contributed by atoms with van der Waals surface area (Å²) in [7, 11) is 0. The summed E-state index contributed by atoms with van der Waals surface area (Å²) in [5, 5.41) is 8.20. The summed E-state index contributed by atoms with van der Waals surface area (Å²) in [6, 6.07) is 19.4. The fraction of sp³-hybridized carbons (Fsp3) is 0. The van der Waals surface area contributed by atoms with Crippen molar-refractivity contribution in [2.45, 2.75) is 0 Å². The van der Waals surface area contributed by atoms with Crippen molar-refractivity contribution in [2.75, 3.05) is 0 Å². The van der Waals surface area contributed by atoms with E-state index in [2.05, 4.69) is 22.5 Å². The van der Waals surface area contributed by atoms with Gasteiger partial charge in [0.1, 0.15) is 0 Å². The Kier molecular flexibility index (Phi) is 6.29. The second kappa shape index (κ2) is 8.36. The number of nitrogens with zero attached hydrogens (tertiary/aromatic N) is 2. The minimum Gasteiger partial charge on any atom is -0.366 e. The maximum Gasteiger partial charge on any atom is 0.240 e. The van der Waals surface area contributed by atoms with Gasteiger partial charge >= 0.3 is 0 Å². The number of primary amides is 1. The van der Waals surface area contributed by atoms with Gasteiger partial charge in [0.15, 0.2) is 0 Å². The molecule has 0 aliphatic rings. The second-order valence-corrected chi connectivity index (χ2v) is 3.48. The first-order valence-corrected chi connectivity index (χ1v) is 5.66. The molecule has 0 atom stereocenters. The zero-order valence-electron chi connectivity index (χ0n) is 10.4. The molecule has 0 aliphatic carbocycles. The molecule has 96 valence electrons. The molecule has 0 saturated heterocycles. The Bertz CT molecular complexity index is 494. The minimum absolute atomic E-state index is 0.481. The molecule has 2 aromatic rings. The molecule has 4 heteroatoms. The van der Waals surface area contributed by atoms with Crippen LogP contribution in [0.3, 0.4) is 0 Å². The Morgan fingerprint density at radius 3 is 1.47 bits per heavy atom. The number of carbonyl (C=O) groups is 1. The molecular weight excluding hydrogens is 238 g/mol. The highest BCUT2D eigenvalue weighted by Crippen LogP contribution is 2.16. The first-order chi connectivity index (χ1) is 9.22. The summed E-state index contributed by atoms with van der Waals surface area (Å²) >= 11 is 0. The third kappa shape index (κ3) is 6.53. The average Bonchev–Trinajstić information content (AvgIpc) is 2.48. The molecule has 4 nitrogen and oxygen atoms in total. The van der Waals surface area contributed by atoms with Crippen LogP contribution >= 0.6 is 0 Å². The van der Waals surface area contributed by atoms with Crippen LogP contribution in [0.5, 0.6) is 0 Å². The van der Waals surface area contributed by atoms with E-state index in [1.54, 1.807) is 0 Å². The van der Waals surface area contributed by atoms with Crippen molar-refractivity contribution >= 4 is 17.3 Å². The highest BCUT2D eigenvalue weighted by molar-refractivity contribution is 5.84. The summed E-state index contributed by atoms with van der Waals surface area (Å²) in [5.74, 6) is -0.481. The highest BCUT2D eigenvalue weighted by atomic mass is 16.1. The van der Waals surface area contributed by atoms with Gasteiger partial charge in [-0.2, -0.15) is 10.2 Å². The van der Waals surface area contributed by atoms with Crippen LogP contribution in [0.1, 0.15) is 0 Å². The molecule has 19 heavy (non-hydrogen) atoms. The largest absolute Gasteiger partial charge is 0.366 e. The summed E-state index contributed by atoms with van der Waals surface area (Å²) in [6.45, 7) is 3.09. The van der Waals surface area contributed by atoms with Gasteiger partial charge in [0.05, 0.1) is 11.4 Å². The van der Waals surface area contributed by atoms with Gasteiger partial charge in [0.2, 0.25) is 5.91 Å². The quantitative estimate of drug-likeness (QED) is 0.656. The van der Waals surface area contributed by atoms with Gasteiger partial charge < -0.3 is 5.73 Å². The van der Waals surface area contributed by atoms with Crippen LogP contribution < -0.4 is 5.73 Å². The molecule has 0 heterocycles. The molecule has 0 spiro atoms. The standard InChI is InChI=1S/C12H10N2.C3H5NO/c1-3-7-11(8-4-1)13-14-12-9-5-2-6-10-12;1-2-3(4)5/h1-10H;2H,1H2,(H2,4,5)/b14-13+;. The zero-order chi connectivity index (χ0) is 13.9. The number of nitrogens with two attached hydrogens (primary N) is 1. The maximum absolute atomic E-state index is 9.47. The number of benzene rings is 2. The number of carbonyl (C=O) groups excluding carboxylic acids is 1. The van der Waals surface area contributed by atoms with Crippen molar-refractivity contribution in [3.8, 4) is 0 Å². The van der Waals surface area contributed by atoms with Crippen molar-refractivity contribution < 1.29 is 4.79 Å². The van der Waals surface area contributed by atoms with Gasteiger partial charge in [-0.3, -0.25) is 4.79 Å². The Morgan fingerprint density at radius 1 is 0.895 bits per heavy atom. The van der Waals surface area contributed by atoms with E-state index >= 15 is 0 Å². The van der Waals surface area contributed by atoms with Gasteiger partial charge in [0.25, 0.3) is 0 Å². The number of hydrogen-bond acceptors (Lipinski definition) is 3. The Morgan fingerprint density at radius 2 is 1.21 bits per heavy atom. The monoisotopic (exact) mass is 253 g/mol. The zero-order valence-corrected chi connectivity index (χ0v) is 10.4. The fourth-order valence-electron chi connectivity index (χ4n) is 1.10. The van der Waals surface area contributed by atoms with E-state index in [0.29, 0.717) is 0 Å². The van der Waals surface area contributed by atoms with Crippen LogP contribution in [0.15, 0.2) is 83.5 Å². The predicted octanol–water partition coefficient (Wildman–Crippen LogP) is 3.76. The van der Waals surface area contributed by atoms with Crippen LogP contribution in [-0.2, 0) is 4.79 Å². The van der Waals surface area contributed by atoms with Gasteiger partial charge in [-0.15, -0.1) is 0 Å². The second-order valence-electron chi connectivity index (χ2n) is 3.48. The van der Waals surface area contributed by atoms with E-state index in [1.807, 2.05) is 60.7 Å². The van der Waals surface area contributed by atoms with E-state index in [1.165, 1.54) is 0 Å². The number of rotatable bonds is 3. The van der Waals surface area contributed by atoms with Gasteiger partial charge in [0, 0.05) is 0 Å². The molecular formula is C15H15N3O. The lowest BCUT2D eigenvalue weighted by atomic mass is 10.3. The lowest BCUT2D eigenvalue weighted by Gasteiger charge is -1.91. The van der Waals surface area contributed by atoms with E-state index in [4.69, 9.17) is 0 Å². The third-order valence-electron chi connectivity index (χ3n) is 1.99. The molecule has 2 rings (SSSR count). The van der Waals surface area contributed by atoms with Crippen LogP contribution in [0.25, 0.3) is 0 Å². The molecule has 2 aromatic carbocycles. The number of hydrogen-bond donors (Lipinski definition) is 1. The molecule has 0 saturated carbocycles. The third-order valence-corrected chi connectivity index (χ3v) is 1.99. The first-order valence-electron chi connectivity index (χ1n) is 5.66. The van der Waals surface area contributed by atoms with E-state index in [0.717, 1.165) is 17.5 Å². The number of amides is 1. The van der Waals surface area contributed by atoms with Crippen LogP contribution in [0.4, 0.5) is 11.4 Å². The SMILES string of the molecule is C=CC(N)=O.c1ccc(/N=N/c2ccccc2)cc1. The number of azo groups is 1. The van der Waals surface area contributed by atoms with E-state index < -0.39 is 5.91 Å². The molecule has 0 bridgehead atoms. The lowest BCUT2D eigenvalue weighted by molar-refractivity contribution is -0.113. The van der Waals surface area contributed by atoms with Gasteiger partial charge in [-0.05, 0) is 30.3 Å². The van der Waals surface area contributed by atoms with Crippen LogP contribution in [-0.4, -0.2) is 5.91 Å². The first kappa shape index (κ1) is 14.3. The lowest BCUT2D eigenvalue weighted by Crippen LogP contribution is -2.04. The van der Waals surface area contributed by atoms with Crippen molar-refractivity contribution in [1.29, 1.82) is 0 Å². The Hall–Kier alpha value is -2.75. The normalized spacial score (nSPS) is 9.47. The minimum atomic E-state index is -0.481. The van der Waals surface area contributed by atoms with Crippen molar-refractivity contribution in [1.82, 2.24) is 0 Å². The smallest absolute Gasteiger partial charge is 0.240 e. The van der Waals surface area contributed by atoms with Crippen molar-refractivity contribution in [2.24, 2.45) is 16.0 Å². The predicted molar refractivity (Wildman–Crippen MR) is 76.5 cm³/mol. The average molecular weight is 253 g/mol. The van der Waals surface area contributed by atoms with Crippen molar-refractivity contribution in [3.63, 3.8) is 0 Å². The molecule has 0 aromatic heterocycles. The highest BCUT2D eigenvalue weighted by Gasteiger charge is 1.86. The van der Waals surface area contributed by atoms with Crippen LogP contribution in [0, 0.1) is 0 Å². The molecule has 0 fully saturated rings. The summed E-state index contributed by atoms with van der Waals surface area (Å²) in [4.78, 5) is 9.47. The maximum atomic E-state index is 9.47. The summed E-state index contributed by atoms with van der Waals surface area (Å²) in [6.07, 6.45) is 1.06. The molecule has 1 amide bonds. The molecule has 2 N–H and O–H groups in total. The van der Waals surface area contributed by atoms with Gasteiger partial charge in [-0.1, -0.05) is 43.0 Å². The topological polar surface area (TPSA) is 67.8 Å². The summed E-state index contributed by atoms with van der Waals surface area (Å²) < 4.78 is 0. The van der Waals surface area contributed by atoms with Gasteiger partial charge in [-0.25, -0.2) is 0 Å².